The number of nitrogens with one attached hydrogen (secondary N) is 1. The molecule has 7 heteroatoms. The Morgan fingerprint density at radius 3 is 2.52 bits per heavy atom. The van der Waals surface area contributed by atoms with Gasteiger partial charge in [-0.1, -0.05) is 36.4 Å². The fourth-order valence-corrected chi connectivity index (χ4v) is 3.94. The van der Waals surface area contributed by atoms with Gasteiger partial charge in [-0.25, -0.2) is 0 Å². The molecule has 1 aliphatic heterocycles. The molecular formula is C24H34IN3O2S. The molecule has 0 aromatic heterocycles. The van der Waals surface area contributed by atoms with Crippen LogP contribution < -0.4 is 5.32 Å². The van der Waals surface area contributed by atoms with Gasteiger partial charge in [-0.2, -0.15) is 0 Å². The van der Waals surface area contributed by atoms with Crippen LogP contribution in [0.4, 0.5) is 0 Å². The van der Waals surface area contributed by atoms with Gasteiger partial charge in [0.1, 0.15) is 0 Å². The topological polar surface area (TPSA) is 46.1 Å². The Labute approximate surface area is 208 Å². The monoisotopic (exact) mass is 555 g/mol. The van der Waals surface area contributed by atoms with Crippen molar-refractivity contribution in [3.63, 3.8) is 0 Å². The predicted octanol–water partition coefficient (Wildman–Crippen LogP) is 4.93. The van der Waals surface area contributed by atoms with Gasteiger partial charge >= 0.3 is 0 Å². The lowest BCUT2D eigenvalue weighted by atomic mass is 10.1. The summed E-state index contributed by atoms with van der Waals surface area (Å²) in [6, 6.07) is 17.3. The zero-order chi connectivity index (χ0) is 21.2. The summed E-state index contributed by atoms with van der Waals surface area (Å²) < 4.78 is 11.5. The average Bonchev–Trinajstić information content (AvgIpc) is 2.79. The van der Waals surface area contributed by atoms with Crippen molar-refractivity contribution in [2.45, 2.75) is 43.5 Å². The second-order valence-electron chi connectivity index (χ2n) is 7.55. The van der Waals surface area contributed by atoms with Gasteiger partial charge in [0.05, 0.1) is 12.7 Å². The molecule has 0 bridgehead atoms. The van der Waals surface area contributed by atoms with Crippen molar-refractivity contribution in [2.75, 3.05) is 33.6 Å². The van der Waals surface area contributed by atoms with Crippen molar-refractivity contribution in [3.05, 3.63) is 65.2 Å². The van der Waals surface area contributed by atoms with Crippen LogP contribution in [-0.4, -0.2) is 50.5 Å². The Kier molecular flexibility index (Phi) is 11.7. The van der Waals surface area contributed by atoms with Crippen molar-refractivity contribution >= 4 is 41.7 Å². The molecule has 31 heavy (non-hydrogen) atoms. The van der Waals surface area contributed by atoms with Crippen LogP contribution in [0, 0.1) is 0 Å². The molecule has 0 saturated carbocycles. The van der Waals surface area contributed by atoms with Gasteiger partial charge in [0, 0.05) is 45.3 Å². The molecule has 0 spiro atoms. The minimum Gasteiger partial charge on any atom is -0.381 e. The van der Waals surface area contributed by atoms with E-state index >= 15 is 0 Å². The van der Waals surface area contributed by atoms with Gasteiger partial charge in [0.25, 0.3) is 0 Å². The first-order valence-corrected chi connectivity index (χ1v) is 11.7. The summed E-state index contributed by atoms with van der Waals surface area (Å²) in [4.78, 5) is 7.87. The molecule has 0 atom stereocenters. The number of aliphatic imine (C=N–C) groups is 1. The zero-order valence-corrected chi connectivity index (χ0v) is 21.8. The molecule has 1 saturated heterocycles. The van der Waals surface area contributed by atoms with E-state index in [9.17, 15) is 0 Å². The fraction of sp³-hybridized carbons (Fsp3) is 0.458. The summed E-state index contributed by atoms with van der Waals surface area (Å²) in [6.45, 7) is 3.81. The highest BCUT2D eigenvalue weighted by Gasteiger charge is 2.14. The summed E-state index contributed by atoms with van der Waals surface area (Å²) >= 11 is 1.76. The first kappa shape index (κ1) is 26.0. The van der Waals surface area contributed by atoms with E-state index in [1.807, 2.05) is 7.05 Å². The van der Waals surface area contributed by atoms with E-state index < -0.39 is 0 Å². The van der Waals surface area contributed by atoms with Gasteiger partial charge < -0.3 is 19.7 Å². The molecule has 2 aromatic rings. The lowest BCUT2D eigenvalue weighted by Gasteiger charge is -2.23. The smallest absolute Gasteiger partial charge is 0.193 e. The van der Waals surface area contributed by atoms with E-state index in [0.29, 0.717) is 12.7 Å². The normalized spacial score (nSPS) is 14.7. The minimum absolute atomic E-state index is 0. The van der Waals surface area contributed by atoms with Crippen molar-refractivity contribution in [1.29, 1.82) is 0 Å². The third-order valence-electron chi connectivity index (χ3n) is 5.25. The Morgan fingerprint density at radius 1 is 1.13 bits per heavy atom. The largest absolute Gasteiger partial charge is 0.381 e. The van der Waals surface area contributed by atoms with Crippen LogP contribution in [0.5, 0.6) is 0 Å². The van der Waals surface area contributed by atoms with Crippen LogP contribution in [0.3, 0.4) is 0 Å². The highest BCUT2D eigenvalue weighted by Crippen LogP contribution is 2.16. The quantitative estimate of drug-likeness (QED) is 0.217. The molecule has 0 unspecified atom stereocenters. The third-order valence-corrected chi connectivity index (χ3v) is 5.99. The van der Waals surface area contributed by atoms with Crippen LogP contribution in [-0.2, 0) is 29.2 Å². The van der Waals surface area contributed by atoms with Gasteiger partial charge in [-0.3, -0.25) is 4.99 Å². The number of hydrogen-bond acceptors (Lipinski definition) is 4. The number of rotatable bonds is 8. The molecule has 3 rings (SSSR count). The fourth-order valence-electron chi connectivity index (χ4n) is 3.53. The second kappa shape index (κ2) is 14.0. The highest BCUT2D eigenvalue weighted by atomic mass is 127. The number of nitrogens with zero attached hydrogens (tertiary/aromatic N) is 2. The standard InChI is InChI=1S/C24H33N3O2S.HI/c1-25-24(27(2)17-19-7-9-23(30-3)10-8-19)26-16-20-5-4-6-21(15-20)18-29-22-11-13-28-14-12-22;/h4-10,15,22H,11-14,16-18H2,1-3H3,(H,25,26);1H. The summed E-state index contributed by atoms with van der Waals surface area (Å²) in [7, 11) is 3.89. The predicted molar refractivity (Wildman–Crippen MR) is 140 cm³/mol. The Morgan fingerprint density at radius 2 is 1.84 bits per heavy atom. The summed E-state index contributed by atoms with van der Waals surface area (Å²) in [5, 5.41) is 3.48. The Balaban J connectivity index is 0.00000341. The number of guanidine groups is 1. The van der Waals surface area contributed by atoms with Crippen LogP contribution in [0.1, 0.15) is 29.5 Å². The number of halogens is 1. The first-order chi connectivity index (χ1) is 14.7. The number of ether oxygens (including phenoxy) is 2. The lowest BCUT2D eigenvalue weighted by molar-refractivity contribution is -0.0390. The number of thioether (sulfide) groups is 1. The maximum absolute atomic E-state index is 6.06. The molecule has 170 valence electrons. The molecular weight excluding hydrogens is 521 g/mol. The van der Waals surface area contributed by atoms with Crippen molar-refractivity contribution in [2.24, 2.45) is 4.99 Å². The van der Waals surface area contributed by atoms with Gasteiger partial charge in [-0.05, 0) is 47.9 Å². The third kappa shape index (κ3) is 8.63. The summed E-state index contributed by atoms with van der Waals surface area (Å²) in [5.41, 5.74) is 3.70. The van der Waals surface area contributed by atoms with Crippen LogP contribution in [0.15, 0.2) is 58.4 Å². The molecule has 0 aliphatic carbocycles. The van der Waals surface area contributed by atoms with Gasteiger partial charge in [0.2, 0.25) is 0 Å². The van der Waals surface area contributed by atoms with E-state index in [-0.39, 0.29) is 24.0 Å². The summed E-state index contributed by atoms with van der Waals surface area (Å²) in [5.74, 6) is 0.882. The number of benzene rings is 2. The van der Waals surface area contributed by atoms with Crippen LogP contribution in [0.25, 0.3) is 0 Å². The Hall–Kier alpha value is -1.29. The molecule has 5 nitrogen and oxygen atoms in total. The highest BCUT2D eigenvalue weighted by molar-refractivity contribution is 14.0. The molecule has 2 aromatic carbocycles. The van der Waals surface area contributed by atoms with E-state index in [1.54, 1.807) is 11.8 Å². The van der Waals surface area contributed by atoms with Gasteiger partial charge in [-0.15, -0.1) is 35.7 Å². The Bertz CT molecular complexity index is 811. The lowest BCUT2D eigenvalue weighted by Crippen LogP contribution is -2.38. The molecule has 1 aliphatic rings. The first-order valence-electron chi connectivity index (χ1n) is 10.5. The van der Waals surface area contributed by atoms with E-state index in [0.717, 1.165) is 45.1 Å². The molecule has 0 amide bonds. The van der Waals surface area contributed by atoms with E-state index in [1.165, 1.54) is 21.6 Å². The molecule has 1 fully saturated rings. The number of hydrogen-bond donors (Lipinski definition) is 1. The SMILES string of the molecule is CN=C(NCc1cccc(COC2CCOCC2)c1)N(C)Cc1ccc(SC)cc1.I. The van der Waals surface area contributed by atoms with E-state index in [4.69, 9.17) is 9.47 Å². The van der Waals surface area contributed by atoms with Crippen LogP contribution in [0.2, 0.25) is 0 Å². The van der Waals surface area contributed by atoms with Crippen molar-refractivity contribution < 1.29 is 9.47 Å². The van der Waals surface area contributed by atoms with Crippen molar-refractivity contribution in [3.8, 4) is 0 Å². The van der Waals surface area contributed by atoms with Crippen molar-refractivity contribution in [1.82, 2.24) is 10.2 Å². The maximum atomic E-state index is 6.06. The van der Waals surface area contributed by atoms with Crippen LogP contribution >= 0.6 is 35.7 Å². The van der Waals surface area contributed by atoms with E-state index in [2.05, 4.69) is 77.0 Å². The minimum atomic E-state index is 0. The van der Waals surface area contributed by atoms with Gasteiger partial charge in [0.15, 0.2) is 5.96 Å². The average molecular weight is 556 g/mol. The molecule has 1 heterocycles. The second-order valence-corrected chi connectivity index (χ2v) is 8.43. The maximum Gasteiger partial charge on any atom is 0.193 e. The zero-order valence-electron chi connectivity index (χ0n) is 18.7. The molecule has 0 radical (unpaired) electrons. The summed E-state index contributed by atoms with van der Waals surface area (Å²) in [6.07, 6.45) is 4.39. The molecule has 1 N–H and O–H groups in total.